The van der Waals surface area contributed by atoms with Crippen LogP contribution in [-0.2, 0) is 9.47 Å². The van der Waals surface area contributed by atoms with E-state index in [1.165, 1.54) is 155 Å². The summed E-state index contributed by atoms with van der Waals surface area (Å²) in [4.78, 5) is 5.28. The van der Waals surface area contributed by atoms with E-state index in [0.717, 1.165) is 26.4 Å². The summed E-state index contributed by atoms with van der Waals surface area (Å²) in [5.74, 6) is 0. The van der Waals surface area contributed by atoms with Gasteiger partial charge >= 0.3 is 0 Å². The first-order chi connectivity index (χ1) is 17.8. The Bertz CT molecular complexity index is 342. The fraction of sp³-hybridized carbons (Fsp3) is 1.00. The number of rotatable bonds is 31. The molecule has 218 valence electrons. The zero-order valence-electron chi connectivity index (χ0n) is 25.5. The van der Waals surface area contributed by atoms with E-state index in [2.05, 4.69) is 37.5 Å². The molecule has 0 aromatic rings. The molecule has 0 fully saturated rings. The third kappa shape index (κ3) is 26.9. The molecule has 0 bridgehead atoms. The Hall–Kier alpha value is -0.160. The van der Waals surface area contributed by atoms with E-state index in [1.54, 1.807) is 0 Å². The zero-order valence-corrected chi connectivity index (χ0v) is 25.5. The molecule has 4 heteroatoms. The number of unbranched alkanes of at least 4 members (excludes halogenated alkanes) is 11. The normalized spacial score (nSPS) is 11.8. The maximum atomic E-state index is 5.90. The summed E-state index contributed by atoms with van der Waals surface area (Å²) in [6, 6.07) is 0. The van der Waals surface area contributed by atoms with Gasteiger partial charge in [0.1, 0.15) is 0 Å². The third-order valence-electron chi connectivity index (χ3n) is 7.16. The van der Waals surface area contributed by atoms with Crippen molar-refractivity contribution in [2.24, 2.45) is 0 Å². The second-order valence-electron chi connectivity index (χ2n) is 10.9. The number of hydrogen-bond donors (Lipinski definition) is 0. The van der Waals surface area contributed by atoms with Gasteiger partial charge in [-0.2, -0.15) is 0 Å². The fourth-order valence-corrected chi connectivity index (χ4v) is 4.65. The SMILES string of the molecule is CCCCN(CCCC)CCCOCCCCCCCCCCOCCCN(CCCC)CCCC. The van der Waals surface area contributed by atoms with Crippen LogP contribution in [0.4, 0.5) is 0 Å². The molecule has 36 heavy (non-hydrogen) atoms. The maximum absolute atomic E-state index is 5.90. The highest BCUT2D eigenvalue weighted by Gasteiger charge is 2.04. The summed E-state index contributed by atoms with van der Waals surface area (Å²) in [5, 5.41) is 0. The average molecular weight is 513 g/mol. The second kappa shape index (κ2) is 31.1. The monoisotopic (exact) mass is 513 g/mol. The average Bonchev–Trinajstić information content (AvgIpc) is 2.90. The molecule has 0 saturated heterocycles. The van der Waals surface area contributed by atoms with Gasteiger partial charge < -0.3 is 19.3 Å². The van der Waals surface area contributed by atoms with Crippen LogP contribution in [0.2, 0.25) is 0 Å². The quantitative estimate of drug-likeness (QED) is 0.0867. The summed E-state index contributed by atoms with van der Waals surface area (Å²) >= 11 is 0. The third-order valence-corrected chi connectivity index (χ3v) is 7.16. The minimum atomic E-state index is 0.937. The van der Waals surface area contributed by atoms with Crippen LogP contribution in [0.3, 0.4) is 0 Å². The molecule has 0 N–H and O–H groups in total. The van der Waals surface area contributed by atoms with Crippen LogP contribution in [-0.4, -0.2) is 75.5 Å². The Labute approximate surface area is 228 Å². The van der Waals surface area contributed by atoms with E-state index in [1.807, 2.05) is 0 Å². The molecule has 0 aliphatic rings. The molecule has 0 unspecified atom stereocenters. The smallest absolute Gasteiger partial charge is 0.0478 e. The summed E-state index contributed by atoms with van der Waals surface area (Å²) in [6.07, 6.45) is 23.5. The summed E-state index contributed by atoms with van der Waals surface area (Å²) in [7, 11) is 0. The Morgan fingerprint density at radius 1 is 0.306 bits per heavy atom. The highest BCUT2D eigenvalue weighted by atomic mass is 16.5. The van der Waals surface area contributed by atoms with Gasteiger partial charge in [-0.3, -0.25) is 0 Å². The van der Waals surface area contributed by atoms with Crippen molar-refractivity contribution in [3.63, 3.8) is 0 Å². The van der Waals surface area contributed by atoms with Crippen LogP contribution in [0.1, 0.15) is 143 Å². The second-order valence-corrected chi connectivity index (χ2v) is 10.9. The Morgan fingerprint density at radius 3 is 0.861 bits per heavy atom. The first-order valence-corrected chi connectivity index (χ1v) is 16.4. The van der Waals surface area contributed by atoms with E-state index in [9.17, 15) is 0 Å². The predicted molar refractivity (Wildman–Crippen MR) is 160 cm³/mol. The first-order valence-electron chi connectivity index (χ1n) is 16.4. The lowest BCUT2D eigenvalue weighted by Crippen LogP contribution is -2.28. The van der Waals surface area contributed by atoms with Crippen LogP contribution in [0.25, 0.3) is 0 Å². The standard InChI is InChI=1S/C32H68N2O2/c1-5-9-23-33(24-10-6-2)27-21-31-35-29-19-17-15-13-14-16-18-20-30-36-32-22-28-34(25-11-7-3)26-12-8-4/h5-32H2,1-4H3. The Kier molecular flexibility index (Phi) is 30.9. The number of nitrogens with zero attached hydrogens (tertiary/aromatic N) is 2. The topological polar surface area (TPSA) is 24.9 Å². The molecule has 0 heterocycles. The van der Waals surface area contributed by atoms with Gasteiger partial charge in [-0.25, -0.2) is 0 Å². The highest BCUT2D eigenvalue weighted by Crippen LogP contribution is 2.09. The molecule has 0 amide bonds. The van der Waals surface area contributed by atoms with Crippen LogP contribution in [0.15, 0.2) is 0 Å². The summed E-state index contributed by atoms with van der Waals surface area (Å²) < 4.78 is 11.8. The van der Waals surface area contributed by atoms with Gasteiger partial charge in [-0.1, -0.05) is 91.9 Å². The van der Waals surface area contributed by atoms with Crippen LogP contribution in [0.5, 0.6) is 0 Å². The van der Waals surface area contributed by atoms with Gasteiger partial charge in [0.15, 0.2) is 0 Å². The van der Waals surface area contributed by atoms with Crippen molar-refractivity contribution in [3.05, 3.63) is 0 Å². The fourth-order valence-electron chi connectivity index (χ4n) is 4.65. The van der Waals surface area contributed by atoms with Gasteiger partial charge in [0.25, 0.3) is 0 Å². The van der Waals surface area contributed by atoms with E-state index < -0.39 is 0 Å². The lowest BCUT2D eigenvalue weighted by molar-refractivity contribution is 0.115. The van der Waals surface area contributed by atoms with Crippen LogP contribution < -0.4 is 0 Å². The number of hydrogen-bond acceptors (Lipinski definition) is 4. The van der Waals surface area contributed by atoms with Gasteiger partial charge in [-0.15, -0.1) is 0 Å². The molecule has 0 aliphatic heterocycles. The molecule has 4 nitrogen and oxygen atoms in total. The van der Waals surface area contributed by atoms with Crippen molar-refractivity contribution in [1.29, 1.82) is 0 Å². The van der Waals surface area contributed by atoms with Crippen molar-refractivity contribution >= 4 is 0 Å². The van der Waals surface area contributed by atoms with E-state index in [-0.39, 0.29) is 0 Å². The Balaban J connectivity index is 3.36. The van der Waals surface area contributed by atoms with Gasteiger partial charge in [0.05, 0.1) is 0 Å². The minimum Gasteiger partial charge on any atom is -0.381 e. The summed E-state index contributed by atoms with van der Waals surface area (Å²) in [5.41, 5.74) is 0. The van der Waals surface area contributed by atoms with Gasteiger partial charge in [-0.05, 0) is 77.5 Å². The van der Waals surface area contributed by atoms with Crippen LogP contribution >= 0.6 is 0 Å². The zero-order chi connectivity index (χ0) is 26.4. The predicted octanol–water partition coefficient (Wildman–Crippen LogP) is 8.73. The molecule has 0 aliphatic carbocycles. The highest BCUT2D eigenvalue weighted by molar-refractivity contribution is 4.59. The van der Waals surface area contributed by atoms with Gasteiger partial charge in [0.2, 0.25) is 0 Å². The molecule has 0 spiro atoms. The van der Waals surface area contributed by atoms with Crippen molar-refractivity contribution in [1.82, 2.24) is 9.80 Å². The van der Waals surface area contributed by atoms with E-state index in [4.69, 9.17) is 9.47 Å². The molecular formula is C32H68N2O2. The lowest BCUT2D eigenvalue weighted by atomic mass is 10.1. The van der Waals surface area contributed by atoms with E-state index >= 15 is 0 Å². The lowest BCUT2D eigenvalue weighted by Gasteiger charge is -2.21. The molecule has 0 aromatic heterocycles. The van der Waals surface area contributed by atoms with Gasteiger partial charge in [0, 0.05) is 39.5 Å². The largest absolute Gasteiger partial charge is 0.381 e. The first kappa shape index (κ1) is 35.8. The molecule has 0 radical (unpaired) electrons. The minimum absolute atomic E-state index is 0.937. The Morgan fingerprint density at radius 2 is 0.556 bits per heavy atom. The van der Waals surface area contributed by atoms with E-state index in [0.29, 0.717) is 0 Å². The molecular weight excluding hydrogens is 444 g/mol. The van der Waals surface area contributed by atoms with Crippen molar-refractivity contribution in [3.8, 4) is 0 Å². The molecule has 0 atom stereocenters. The molecule has 0 aromatic carbocycles. The van der Waals surface area contributed by atoms with Crippen molar-refractivity contribution in [2.75, 3.05) is 65.7 Å². The van der Waals surface area contributed by atoms with Crippen molar-refractivity contribution < 1.29 is 9.47 Å². The van der Waals surface area contributed by atoms with Crippen LogP contribution in [0, 0.1) is 0 Å². The molecule has 0 rings (SSSR count). The maximum Gasteiger partial charge on any atom is 0.0478 e. The summed E-state index contributed by atoms with van der Waals surface area (Å²) in [6.45, 7) is 20.4. The number of ether oxygens (including phenoxy) is 2. The molecule has 0 saturated carbocycles. The van der Waals surface area contributed by atoms with Crippen molar-refractivity contribution in [2.45, 2.75) is 143 Å².